The zero-order valence-electron chi connectivity index (χ0n) is 8.38. The zero-order valence-corrected chi connectivity index (χ0v) is 8.38. The number of carbonyl (C=O) groups excluding carboxylic acids is 1. The number of ketones is 1. The molecule has 1 heterocycles. The predicted octanol–water partition coefficient (Wildman–Crippen LogP) is 1.55. The van der Waals surface area contributed by atoms with Crippen molar-refractivity contribution in [3.8, 4) is 0 Å². The molecule has 0 aliphatic heterocycles. The van der Waals surface area contributed by atoms with Crippen LogP contribution in [0.5, 0.6) is 0 Å². The lowest BCUT2D eigenvalue weighted by Crippen LogP contribution is -2.25. The molecule has 0 saturated heterocycles. The van der Waals surface area contributed by atoms with Crippen LogP contribution >= 0.6 is 0 Å². The highest BCUT2D eigenvalue weighted by Gasteiger charge is 2.28. The molecule has 3 nitrogen and oxygen atoms in total. The smallest absolute Gasteiger partial charge is 0.167 e. The molecule has 0 aromatic carbocycles. The highest BCUT2D eigenvalue weighted by atomic mass is 16.3. The Morgan fingerprint density at radius 1 is 1.57 bits per heavy atom. The SMILES string of the molecule is CCc1coc2c1C(=O)CC(CN)C2. The number of hydrogen-bond acceptors (Lipinski definition) is 3. The molecular weight excluding hydrogens is 178 g/mol. The molecule has 1 aromatic rings. The average Bonchev–Trinajstić information content (AvgIpc) is 2.61. The molecule has 0 bridgehead atoms. The van der Waals surface area contributed by atoms with Gasteiger partial charge in [-0.1, -0.05) is 6.92 Å². The van der Waals surface area contributed by atoms with Crippen molar-refractivity contribution in [3.63, 3.8) is 0 Å². The van der Waals surface area contributed by atoms with Gasteiger partial charge in [0.05, 0.1) is 11.8 Å². The third kappa shape index (κ3) is 1.38. The fraction of sp³-hybridized carbons (Fsp3) is 0.545. The van der Waals surface area contributed by atoms with Crippen molar-refractivity contribution in [2.24, 2.45) is 11.7 Å². The van der Waals surface area contributed by atoms with Crippen LogP contribution in [-0.2, 0) is 12.8 Å². The minimum atomic E-state index is 0.201. The Bertz CT molecular complexity index is 354. The molecule has 2 N–H and O–H groups in total. The van der Waals surface area contributed by atoms with Gasteiger partial charge in [-0.05, 0) is 18.9 Å². The van der Waals surface area contributed by atoms with E-state index in [9.17, 15) is 4.79 Å². The van der Waals surface area contributed by atoms with Crippen LogP contribution in [0.4, 0.5) is 0 Å². The Kier molecular flexibility index (Phi) is 2.42. The van der Waals surface area contributed by atoms with Gasteiger partial charge in [0.2, 0.25) is 0 Å². The first-order chi connectivity index (χ1) is 6.76. The first kappa shape index (κ1) is 9.46. The molecule has 1 aliphatic rings. The van der Waals surface area contributed by atoms with Gasteiger partial charge in [-0.2, -0.15) is 0 Å². The number of fused-ring (bicyclic) bond motifs is 1. The van der Waals surface area contributed by atoms with Crippen LogP contribution in [0, 0.1) is 5.92 Å². The number of rotatable bonds is 2. The number of aryl methyl sites for hydroxylation is 1. The van der Waals surface area contributed by atoms with E-state index in [-0.39, 0.29) is 11.7 Å². The van der Waals surface area contributed by atoms with Crippen LogP contribution in [-0.4, -0.2) is 12.3 Å². The summed E-state index contributed by atoms with van der Waals surface area (Å²) in [7, 11) is 0. The topological polar surface area (TPSA) is 56.2 Å². The number of Topliss-reactive ketones (excluding diaryl/α,β-unsaturated/α-hetero) is 1. The Morgan fingerprint density at radius 2 is 2.36 bits per heavy atom. The van der Waals surface area contributed by atoms with E-state index in [1.54, 1.807) is 6.26 Å². The number of carbonyl (C=O) groups is 1. The summed E-state index contributed by atoms with van der Waals surface area (Å²) in [6.07, 6.45) is 3.97. The summed E-state index contributed by atoms with van der Waals surface area (Å²) in [4.78, 5) is 11.8. The fourth-order valence-corrected chi connectivity index (χ4v) is 2.05. The minimum absolute atomic E-state index is 0.201. The van der Waals surface area contributed by atoms with Crippen molar-refractivity contribution in [2.45, 2.75) is 26.2 Å². The van der Waals surface area contributed by atoms with Crippen molar-refractivity contribution in [1.29, 1.82) is 0 Å². The maximum atomic E-state index is 11.8. The van der Waals surface area contributed by atoms with E-state index in [0.717, 1.165) is 29.7 Å². The Labute approximate surface area is 83.3 Å². The van der Waals surface area contributed by atoms with Crippen LogP contribution in [0.25, 0.3) is 0 Å². The molecular formula is C11H15NO2. The lowest BCUT2D eigenvalue weighted by molar-refractivity contribution is 0.0945. The highest BCUT2D eigenvalue weighted by molar-refractivity contribution is 5.99. The lowest BCUT2D eigenvalue weighted by Gasteiger charge is -2.18. The molecule has 1 aliphatic carbocycles. The lowest BCUT2D eigenvalue weighted by atomic mass is 9.85. The quantitative estimate of drug-likeness (QED) is 0.775. The van der Waals surface area contributed by atoms with Crippen LogP contribution in [0.1, 0.15) is 35.0 Å². The number of furan rings is 1. The largest absolute Gasteiger partial charge is 0.468 e. The summed E-state index contributed by atoms with van der Waals surface area (Å²) in [5, 5.41) is 0. The van der Waals surface area contributed by atoms with Gasteiger partial charge in [-0.15, -0.1) is 0 Å². The van der Waals surface area contributed by atoms with Crippen LogP contribution in [0.3, 0.4) is 0 Å². The maximum absolute atomic E-state index is 11.8. The summed E-state index contributed by atoms with van der Waals surface area (Å²) in [6.45, 7) is 2.60. The van der Waals surface area contributed by atoms with E-state index in [1.807, 2.05) is 6.92 Å². The Morgan fingerprint density at radius 3 is 3.00 bits per heavy atom. The third-order valence-corrected chi connectivity index (χ3v) is 2.88. The van der Waals surface area contributed by atoms with E-state index in [4.69, 9.17) is 10.2 Å². The van der Waals surface area contributed by atoms with Crippen molar-refractivity contribution < 1.29 is 9.21 Å². The molecule has 2 rings (SSSR count). The molecule has 1 aromatic heterocycles. The van der Waals surface area contributed by atoms with Crippen LogP contribution in [0.15, 0.2) is 10.7 Å². The van der Waals surface area contributed by atoms with Gasteiger partial charge in [0.1, 0.15) is 5.76 Å². The van der Waals surface area contributed by atoms with Crippen molar-refractivity contribution in [3.05, 3.63) is 23.2 Å². The summed E-state index contributed by atoms with van der Waals surface area (Å²) in [6, 6.07) is 0. The maximum Gasteiger partial charge on any atom is 0.167 e. The van der Waals surface area contributed by atoms with Crippen molar-refractivity contribution >= 4 is 5.78 Å². The molecule has 3 heteroatoms. The first-order valence-corrected chi connectivity index (χ1v) is 5.08. The molecule has 0 amide bonds. The summed E-state index contributed by atoms with van der Waals surface area (Å²) in [5.41, 5.74) is 7.44. The second-order valence-corrected chi connectivity index (χ2v) is 3.85. The normalized spacial score (nSPS) is 21.0. The summed E-state index contributed by atoms with van der Waals surface area (Å²) in [5.74, 6) is 1.31. The molecule has 0 fully saturated rings. The monoisotopic (exact) mass is 193 g/mol. The van der Waals surface area contributed by atoms with E-state index in [1.165, 1.54) is 0 Å². The fourth-order valence-electron chi connectivity index (χ4n) is 2.05. The second-order valence-electron chi connectivity index (χ2n) is 3.85. The first-order valence-electron chi connectivity index (χ1n) is 5.08. The van der Waals surface area contributed by atoms with E-state index in [0.29, 0.717) is 13.0 Å². The standard InChI is InChI=1S/C11H15NO2/c1-2-8-6-14-10-4-7(5-12)3-9(13)11(8)10/h6-7H,2-5,12H2,1H3. The number of hydrogen-bond donors (Lipinski definition) is 1. The molecule has 1 unspecified atom stereocenters. The molecule has 0 radical (unpaired) electrons. The van der Waals surface area contributed by atoms with E-state index < -0.39 is 0 Å². The average molecular weight is 193 g/mol. The predicted molar refractivity (Wildman–Crippen MR) is 53.3 cm³/mol. The van der Waals surface area contributed by atoms with Gasteiger partial charge in [0.25, 0.3) is 0 Å². The van der Waals surface area contributed by atoms with E-state index in [2.05, 4.69) is 0 Å². The van der Waals surface area contributed by atoms with Gasteiger partial charge >= 0.3 is 0 Å². The van der Waals surface area contributed by atoms with Gasteiger partial charge in [0, 0.05) is 18.4 Å². The van der Waals surface area contributed by atoms with Crippen molar-refractivity contribution in [1.82, 2.24) is 0 Å². The van der Waals surface area contributed by atoms with Gasteiger partial charge < -0.3 is 10.2 Å². The zero-order chi connectivity index (χ0) is 10.1. The minimum Gasteiger partial charge on any atom is -0.468 e. The van der Waals surface area contributed by atoms with Crippen LogP contribution in [0.2, 0.25) is 0 Å². The van der Waals surface area contributed by atoms with Gasteiger partial charge in [0.15, 0.2) is 5.78 Å². The molecule has 76 valence electrons. The third-order valence-electron chi connectivity index (χ3n) is 2.88. The van der Waals surface area contributed by atoms with E-state index >= 15 is 0 Å². The Hall–Kier alpha value is -1.09. The molecule has 0 saturated carbocycles. The molecule has 14 heavy (non-hydrogen) atoms. The molecule has 1 atom stereocenters. The van der Waals surface area contributed by atoms with Gasteiger partial charge in [-0.25, -0.2) is 0 Å². The van der Waals surface area contributed by atoms with Crippen LogP contribution < -0.4 is 5.73 Å². The van der Waals surface area contributed by atoms with Crippen molar-refractivity contribution in [2.75, 3.05) is 6.54 Å². The molecule has 0 spiro atoms. The highest BCUT2D eigenvalue weighted by Crippen LogP contribution is 2.29. The number of nitrogens with two attached hydrogens (primary N) is 1. The second kappa shape index (κ2) is 3.58. The van der Waals surface area contributed by atoms with Gasteiger partial charge in [-0.3, -0.25) is 4.79 Å². The summed E-state index contributed by atoms with van der Waals surface area (Å²) >= 11 is 0. The summed E-state index contributed by atoms with van der Waals surface area (Å²) < 4.78 is 5.40. The Balaban J connectivity index is 2.37.